The molecule has 1 aromatic carbocycles. The molecule has 9 nitrogen and oxygen atoms in total. The SMILES string of the molecule is O=C([O-])COc1cccc([N+](=O)[O-])c1[N+](=O)[O-]. The minimum absolute atomic E-state index is 0.492. The second-order valence-corrected chi connectivity index (χ2v) is 2.80. The van der Waals surface area contributed by atoms with Crippen molar-refractivity contribution in [1.82, 2.24) is 0 Å². The third-order valence-electron chi connectivity index (χ3n) is 1.70. The second-order valence-electron chi connectivity index (χ2n) is 2.80. The van der Waals surface area contributed by atoms with Crippen LogP contribution in [0.2, 0.25) is 0 Å². The monoisotopic (exact) mass is 241 g/mol. The van der Waals surface area contributed by atoms with E-state index in [1.807, 2.05) is 0 Å². The lowest BCUT2D eigenvalue weighted by molar-refractivity contribution is -0.423. The van der Waals surface area contributed by atoms with Crippen molar-refractivity contribution in [1.29, 1.82) is 0 Å². The molecule has 0 heterocycles. The molecule has 90 valence electrons. The lowest BCUT2D eigenvalue weighted by Crippen LogP contribution is -2.29. The summed E-state index contributed by atoms with van der Waals surface area (Å²) in [6, 6.07) is 3.13. The Hall–Kier alpha value is -2.71. The Kier molecular flexibility index (Phi) is 3.55. The number of carboxylic acids is 1. The number of ether oxygens (including phenoxy) is 1. The van der Waals surface area contributed by atoms with Crippen LogP contribution in [-0.2, 0) is 4.79 Å². The van der Waals surface area contributed by atoms with Gasteiger partial charge in [0.2, 0.25) is 5.75 Å². The van der Waals surface area contributed by atoms with Crippen molar-refractivity contribution in [2.45, 2.75) is 0 Å². The predicted octanol–water partition coefficient (Wildman–Crippen LogP) is -0.368. The molecule has 1 aromatic rings. The van der Waals surface area contributed by atoms with Crippen LogP contribution >= 0.6 is 0 Å². The summed E-state index contributed by atoms with van der Waals surface area (Å²) < 4.78 is 4.54. The van der Waals surface area contributed by atoms with Gasteiger partial charge < -0.3 is 14.6 Å². The maximum atomic E-state index is 10.6. The Morgan fingerprint density at radius 1 is 1.24 bits per heavy atom. The van der Waals surface area contributed by atoms with Crippen molar-refractivity contribution in [3.8, 4) is 5.75 Å². The van der Waals surface area contributed by atoms with Crippen molar-refractivity contribution in [2.24, 2.45) is 0 Å². The summed E-state index contributed by atoms with van der Waals surface area (Å²) in [7, 11) is 0. The predicted molar refractivity (Wildman–Crippen MR) is 50.3 cm³/mol. The van der Waals surface area contributed by atoms with E-state index < -0.39 is 39.5 Å². The van der Waals surface area contributed by atoms with Gasteiger partial charge in [0.05, 0.1) is 15.8 Å². The highest BCUT2D eigenvalue weighted by atomic mass is 16.6. The lowest BCUT2D eigenvalue weighted by atomic mass is 10.2. The standard InChI is InChI=1S/C8H6N2O7/c11-7(12)4-17-6-3-1-2-5(9(13)14)8(6)10(15)16/h1-3H,4H2,(H,11,12)/p-1. The summed E-state index contributed by atoms with van der Waals surface area (Å²) in [5.41, 5.74) is -1.66. The molecule has 0 unspecified atom stereocenters. The van der Waals surface area contributed by atoms with Crippen molar-refractivity contribution < 1.29 is 24.5 Å². The van der Waals surface area contributed by atoms with Crippen LogP contribution in [0.1, 0.15) is 0 Å². The molecule has 0 spiro atoms. The van der Waals surface area contributed by atoms with Crippen molar-refractivity contribution in [2.75, 3.05) is 6.61 Å². The molecular formula is C8H5N2O7-. The Balaban J connectivity index is 3.20. The van der Waals surface area contributed by atoms with E-state index in [9.17, 15) is 30.1 Å². The summed E-state index contributed by atoms with van der Waals surface area (Å²) in [5.74, 6) is -2.08. The van der Waals surface area contributed by atoms with Crippen LogP contribution in [0.5, 0.6) is 5.75 Å². The number of benzene rings is 1. The van der Waals surface area contributed by atoms with E-state index >= 15 is 0 Å². The zero-order valence-electron chi connectivity index (χ0n) is 8.19. The Morgan fingerprint density at radius 3 is 2.35 bits per heavy atom. The number of nitrogens with zero attached hydrogens (tertiary/aromatic N) is 2. The molecule has 0 fully saturated rings. The average molecular weight is 241 g/mol. The molecule has 1 rings (SSSR count). The van der Waals surface area contributed by atoms with Gasteiger partial charge in [-0.2, -0.15) is 0 Å². The number of carbonyl (C=O) groups excluding carboxylic acids is 1. The van der Waals surface area contributed by atoms with Gasteiger partial charge in [0.1, 0.15) is 6.61 Å². The minimum Gasteiger partial charge on any atom is -0.546 e. The summed E-state index contributed by atoms with van der Waals surface area (Å²) in [6.45, 7) is -0.929. The second kappa shape index (κ2) is 4.88. The van der Waals surface area contributed by atoms with E-state index in [4.69, 9.17) is 0 Å². The van der Waals surface area contributed by atoms with Crippen molar-refractivity contribution in [3.63, 3.8) is 0 Å². The van der Waals surface area contributed by atoms with Gasteiger partial charge in [0.15, 0.2) is 0 Å². The first kappa shape index (κ1) is 12.4. The van der Waals surface area contributed by atoms with Crippen LogP contribution in [0.25, 0.3) is 0 Å². The summed E-state index contributed by atoms with van der Waals surface area (Å²) in [6.07, 6.45) is 0. The Bertz CT molecular complexity index is 485. The lowest BCUT2D eigenvalue weighted by Gasteiger charge is -2.06. The minimum atomic E-state index is -1.59. The summed E-state index contributed by atoms with van der Waals surface area (Å²) in [4.78, 5) is 29.4. The van der Waals surface area contributed by atoms with E-state index in [0.29, 0.717) is 0 Å². The van der Waals surface area contributed by atoms with Crippen LogP contribution in [0.15, 0.2) is 18.2 Å². The first-order chi connectivity index (χ1) is 7.93. The van der Waals surface area contributed by atoms with Gasteiger partial charge in [-0.3, -0.25) is 20.2 Å². The normalized spacial score (nSPS) is 9.65. The molecule has 0 N–H and O–H groups in total. The van der Waals surface area contributed by atoms with Gasteiger partial charge in [-0.1, -0.05) is 6.07 Å². The molecular weight excluding hydrogens is 236 g/mol. The van der Waals surface area contributed by atoms with E-state index in [0.717, 1.165) is 18.2 Å². The van der Waals surface area contributed by atoms with Crippen molar-refractivity contribution >= 4 is 17.3 Å². The van der Waals surface area contributed by atoms with Crippen LogP contribution in [0.4, 0.5) is 11.4 Å². The first-order valence-electron chi connectivity index (χ1n) is 4.18. The number of hydrogen-bond acceptors (Lipinski definition) is 7. The van der Waals surface area contributed by atoms with Gasteiger partial charge in [-0.25, -0.2) is 0 Å². The van der Waals surface area contributed by atoms with E-state index in [2.05, 4.69) is 4.74 Å². The van der Waals surface area contributed by atoms with E-state index in [1.54, 1.807) is 0 Å². The van der Waals surface area contributed by atoms with Crippen LogP contribution in [0.3, 0.4) is 0 Å². The van der Waals surface area contributed by atoms with Crippen LogP contribution in [-0.4, -0.2) is 22.4 Å². The zero-order valence-corrected chi connectivity index (χ0v) is 8.19. The Labute approximate surface area is 93.5 Å². The first-order valence-corrected chi connectivity index (χ1v) is 4.18. The molecule has 0 bridgehead atoms. The molecule has 0 amide bonds. The number of para-hydroxylation sites is 1. The highest BCUT2D eigenvalue weighted by Crippen LogP contribution is 2.35. The maximum Gasteiger partial charge on any atom is 0.387 e. The number of rotatable bonds is 5. The quantitative estimate of drug-likeness (QED) is 0.506. The molecule has 0 radical (unpaired) electrons. The third kappa shape index (κ3) is 2.87. The molecule has 17 heavy (non-hydrogen) atoms. The molecule has 0 aliphatic carbocycles. The highest BCUT2D eigenvalue weighted by molar-refractivity contribution is 5.67. The number of nitro groups is 2. The zero-order chi connectivity index (χ0) is 13.0. The number of aliphatic carboxylic acids is 1. The molecule has 0 saturated heterocycles. The Morgan fingerprint density at radius 2 is 1.88 bits per heavy atom. The number of carboxylic acid groups (broad SMARTS) is 1. The van der Waals surface area contributed by atoms with E-state index in [1.165, 1.54) is 0 Å². The van der Waals surface area contributed by atoms with Crippen LogP contribution < -0.4 is 9.84 Å². The smallest absolute Gasteiger partial charge is 0.387 e. The fraction of sp³-hybridized carbons (Fsp3) is 0.125. The van der Waals surface area contributed by atoms with E-state index in [-0.39, 0.29) is 0 Å². The molecule has 0 atom stereocenters. The summed E-state index contributed by atoms with van der Waals surface area (Å²) >= 11 is 0. The fourth-order valence-electron chi connectivity index (χ4n) is 1.09. The largest absolute Gasteiger partial charge is 0.546 e. The number of hydrogen-bond donors (Lipinski definition) is 0. The number of carbonyl (C=O) groups is 1. The third-order valence-corrected chi connectivity index (χ3v) is 1.70. The average Bonchev–Trinajstić information content (AvgIpc) is 2.25. The maximum absolute atomic E-state index is 10.6. The highest BCUT2D eigenvalue weighted by Gasteiger charge is 2.29. The molecule has 9 heteroatoms. The van der Waals surface area contributed by atoms with Crippen molar-refractivity contribution in [3.05, 3.63) is 38.4 Å². The molecule has 0 aliphatic rings. The van der Waals surface area contributed by atoms with Gasteiger partial charge in [0, 0.05) is 6.07 Å². The molecule has 0 saturated carbocycles. The van der Waals surface area contributed by atoms with Gasteiger partial charge >= 0.3 is 11.4 Å². The molecule has 0 aromatic heterocycles. The van der Waals surface area contributed by atoms with Gasteiger partial charge in [-0.15, -0.1) is 0 Å². The topological polar surface area (TPSA) is 136 Å². The number of nitro benzene ring substituents is 2. The molecule has 0 aliphatic heterocycles. The fourth-order valence-corrected chi connectivity index (χ4v) is 1.09. The van der Waals surface area contributed by atoms with Crippen LogP contribution in [0, 0.1) is 20.2 Å². The van der Waals surface area contributed by atoms with Gasteiger partial charge in [-0.05, 0) is 6.07 Å². The van der Waals surface area contributed by atoms with Gasteiger partial charge in [0.25, 0.3) is 0 Å². The summed E-state index contributed by atoms with van der Waals surface area (Å²) in [5, 5.41) is 31.3.